The van der Waals surface area contributed by atoms with Gasteiger partial charge < -0.3 is 9.80 Å². The molecule has 2 nitrogen and oxygen atoms in total. The minimum absolute atomic E-state index is 0.640. The first-order chi connectivity index (χ1) is 21.8. The van der Waals surface area contributed by atoms with E-state index in [4.69, 9.17) is 0 Å². The molecule has 1 unspecified atom stereocenters. The van der Waals surface area contributed by atoms with Crippen LogP contribution in [-0.2, 0) is 0 Å². The van der Waals surface area contributed by atoms with Crippen molar-refractivity contribution in [1.29, 1.82) is 0 Å². The minimum Gasteiger partial charge on any atom is -0.356 e. The van der Waals surface area contributed by atoms with Crippen molar-refractivity contribution in [2.45, 2.75) is 245 Å². The number of hydrogen-bond donors (Lipinski definition) is 0. The monoisotopic (exact) mass is 617 g/mol. The van der Waals surface area contributed by atoms with Crippen LogP contribution in [0, 0.1) is 0 Å². The summed E-state index contributed by atoms with van der Waals surface area (Å²) in [6.45, 7) is 9.48. The molecular weight excluding hydrogens is 532 g/mol. The summed E-state index contributed by atoms with van der Waals surface area (Å²) < 4.78 is 0. The molecule has 1 aliphatic heterocycles. The van der Waals surface area contributed by atoms with Crippen molar-refractivity contribution in [3.8, 4) is 0 Å². The van der Waals surface area contributed by atoms with E-state index in [1.165, 1.54) is 231 Å². The Morgan fingerprint density at radius 2 is 0.523 bits per heavy atom. The van der Waals surface area contributed by atoms with Crippen LogP contribution in [0.5, 0.6) is 0 Å². The predicted octanol–water partition coefficient (Wildman–Crippen LogP) is 14.7. The Hall–Kier alpha value is -0.660. The second-order valence-corrected chi connectivity index (χ2v) is 14.6. The molecule has 0 bridgehead atoms. The molecule has 0 amide bonds. The molecule has 1 rings (SSSR count). The van der Waals surface area contributed by atoms with Crippen LogP contribution in [0.15, 0.2) is 12.4 Å². The van der Waals surface area contributed by atoms with Crippen molar-refractivity contribution in [2.24, 2.45) is 0 Å². The maximum Gasteiger partial charge on any atom is 0.101 e. The minimum atomic E-state index is 0.640. The summed E-state index contributed by atoms with van der Waals surface area (Å²) in [7, 11) is 0. The number of nitrogens with zero attached hydrogens (tertiary/aromatic N) is 2. The Balaban J connectivity index is 2.13. The van der Waals surface area contributed by atoms with Crippen molar-refractivity contribution in [3.05, 3.63) is 12.4 Å². The van der Waals surface area contributed by atoms with Crippen molar-refractivity contribution in [1.82, 2.24) is 9.80 Å². The summed E-state index contributed by atoms with van der Waals surface area (Å²) in [6.07, 6.45) is 54.4. The number of hydrogen-bond acceptors (Lipinski definition) is 2. The van der Waals surface area contributed by atoms with E-state index in [2.05, 4.69) is 43.0 Å². The zero-order valence-corrected chi connectivity index (χ0v) is 31.1. The van der Waals surface area contributed by atoms with Gasteiger partial charge in [0.05, 0.1) is 0 Å². The highest BCUT2D eigenvalue weighted by Gasteiger charge is 2.24. The molecule has 0 fully saturated rings. The quantitative estimate of drug-likeness (QED) is 0.0646. The van der Waals surface area contributed by atoms with Gasteiger partial charge in [-0.1, -0.05) is 213 Å². The van der Waals surface area contributed by atoms with Gasteiger partial charge in [-0.15, -0.1) is 0 Å². The molecule has 0 aromatic rings. The molecule has 44 heavy (non-hydrogen) atoms. The Labute approximate surface area is 280 Å². The van der Waals surface area contributed by atoms with E-state index in [0.717, 1.165) is 0 Å². The van der Waals surface area contributed by atoms with Gasteiger partial charge in [-0.05, 0) is 25.7 Å². The van der Waals surface area contributed by atoms with Gasteiger partial charge in [-0.2, -0.15) is 0 Å². The highest BCUT2D eigenvalue weighted by atomic mass is 15.4. The van der Waals surface area contributed by atoms with Gasteiger partial charge in [-0.25, -0.2) is 0 Å². The highest BCUT2D eigenvalue weighted by Crippen LogP contribution is 2.24. The molecule has 0 N–H and O–H groups in total. The van der Waals surface area contributed by atoms with Gasteiger partial charge in [0.2, 0.25) is 0 Å². The highest BCUT2D eigenvalue weighted by molar-refractivity contribution is 4.97. The van der Waals surface area contributed by atoms with E-state index in [-0.39, 0.29) is 0 Å². The molecule has 1 atom stereocenters. The van der Waals surface area contributed by atoms with Crippen LogP contribution in [0.3, 0.4) is 0 Å². The molecule has 0 radical (unpaired) electrons. The average molecular weight is 617 g/mol. The zero-order chi connectivity index (χ0) is 31.6. The van der Waals surface area contributed by atoms with E-state index in [1.807, 2.05) is 0 Å². The molecule has 1 heterocycles. The molecule has 262 valence electrons. The summed E-state index contributed by atoms with van der Waals surface area (Å²) in [5.74, 6) is 0. The maximum absolute atomic E-state index is 2.72. The van der Waals surface area contributed by atoms with E-state index in [1.54, 1.807) is 0 Å². The van der Waals surface area contributed by atoms with Gasteiger partial charge in [0.15, 0.2) is 0 Å². The summed E-state index contributed by atoms with van der Waals surface area (Å²) in [6, 6.07) is 0. The Kier molecular flexibility index (Phi) is 31.7. The fourth-order valence-electron chi connectivity index (χ4n) is 7.25. The van der Waals surface area contributed by atoms with Crippen LogP contribution in [-0.4, -0.2) is 29.1 Å². The Morgan fingerprint density at radius 1 is 0.295 bits per heavy atom. The second kappa shape index (κ2) is 33.7. The van der Waals surface area contributed by atoms with Gasteiger partial charge in [-0.3, -0.25) is 0 Å². The van der Waals surface area contributed by atoms with Crippen LogP contribution in [0.4, 0.5) is 0 Å². The zero-order valence-electron chi connectivity index (χ0n) is 31.1. The first-order valence-electron chi connectivity index (χ1n) is 21.0. The third-order valence-corrected chi connectivity index (χ3v) is 10.3. The molecule has 0 spiro atoms. The maximum atomic E-state index is 2.72. The van der Waals surface area contributed by atoms with Crippen LogP contribution >= 0.6 is 0 Å². The molecule has 0 saturated heterocycles. The first kappa shape index (κ1) is 41.4. The second-order valence-electron chi connectivity index (χ2n) is 14.6. The largest absolute Gasteiger partial charge is 0.356 e. The SMILES string of the molecule is CCCCCCCCCCCCCCCCCCCN1C=CN(CCCCCCCCC)C1CCCCCCCCCCC. The topological polar surface area (TPSA) is 6.48 Å². The van der Waals surface area contributed by atoms with Crippen LogP contribution in [0.25, 0.3) is 0 Å². The third-order valence-electron chi connectivity index (χ3n) is 10.3. The molecule has 0 aromatic carbocycles. The van der Waals surface area contributed by atoms with E-state index < -0.39 is 0 Å². The van der Waals surface area contributed by atoms with Crippen molar-refractivity contribution in [3.63, 3.8) is 0 Å². The van der Waals surface area contributed by atoms with Crippen molar-refractivity contribution in [2.75, 3.05) is 13.1 Å². The van der Waals surface area contributed by atoms with Crippen LogP contribution in [0.1, 0.15) is 239 Å². The average Bonchev–Trinajstić information content (AvgIpc) is 3.42. The van der Waals surface area contributed by atoms with Gasteiger partial charge in [0.1, 0.15) is 6.17 Å². The standard InChI is InChI=1S/C42H84N2/c1-4-7-10-13-16-18-19-20-21-22-23-24-25-27-30-33-36-39-44-41-40-43(38-35-32-29-15-12-9-6-3)42(44)37-34-31-28-26-17-14-11-8-5-2/h40-42H,4-39H2,1-3H3. The lowest BCUT2D eigenvalue weighted by atomic mass is 10.0. The van der Waals surface area contributed by atoms with E-state index in [0.29, 0.717) is 6.17 Å². The summed E-state index contributed by atoms with van der Waals surface area (Å²) in [5, 5.41) is 0. The summed E-state index contributed by atoms with van der Waals surface area (Å²) in [5.41, 5.74) is 0. The lowest BCUT2D eigenvalue weighted by Crippen LogP contribution is -2.39. The van der Waals surface area contributed by atoms with Crippen LogP contribution in [0.2, 0.25) is 0 Å². The molecule has 1 aliphatic rings. The molecule has 0 saturated carbocycles. The first-order valence-corrected chi connectivity index (χ1v) is 21.0. The third kappa shape index (κ3) is 25.5. The lowest BCUT2D eigenvalue weighted by Gasteiger charge is -2.33. The van der Waals surface area contributed by atoms with Gasteiger partial charge in [0, 0.05) is 25.5 Å². The Bertz CT molecular complexity index is 572. The number of unbranched alkanes of at least 4 members (excludes halogenated alkanes) is 30. The van der Waals surface area contributed by atoms with Gasteiger partial charge >= 0.3 is 0 Å². The molecule has 2 heteroatoms. The normalized spacial score (nSPS) is 14.8. The number of rotatable bonds is 36. The van der Waals surface area contributed by atoms with E-state index >= 15 is 0 Å². The predicted molar refractivity (Wildman–Crippen MR) is 200 cm³/mol. The summed E-state index contributed by atoms with van der Waals surface area (Å²) in [4.78, 5) is 5.43. The van der Waals surface area contributed by atoms with E-state index in [9.17, 15) is 0 Å². The fraction of sp³-hybridized carbons (Fsp3) is 0.952. The Morgan fingerprint density at radius 3 is 0.795 bits per heavy atom. The molecular formula is C42H84N2. The smallest absolute Gasteiger partial charge is 0.101 e. The molecule has 0 aromatic heterocycles. The van der Waals surface area contributed by atoms with Crippen molar-refractivity contribution < 1.29 is 0 Å². The van der Waals surface area contributed by atoms with Gasteiger partial charge in [0.25, 0.3) is 0 Å². The van der Waals surface area contributed by atoms with Crippen molar-refractivity contribution >= 4 is 0 Å². The summed E-state index contributed by atoms with van der Waals surface area (Å²) >= 11 is 0. The lowest BCUT2D eigenvalue weighted by molar-refractivity contribution is 0.135. The fourth-order valence-corrected chi connectivity index (χ4v) is 7.25. The molecule has 0 aliphatic carbocycles. The van der Waals surface area contributed by atoms with Crippen LogP contribution < -0.4 is 0 Å².